The first-order valence-corrected chi connectivity index (χ1v) is 9.30. The Morgan fingerprint density at radius 1 is 1.14 bits per heavy atom. The zero-order valence-electron chi connectivity index (χ0n) is 15.1. The summed E-state index contributed by atoms with van der Waals surface area (Å²) in [6, 6.07) is 11.6. The van der Waals surface area contributed by atoms with Gasteiger partial charge in [-0.05, 0) is 38.1 Å². The molecule has 0 unspecified atom stereocenters. The van der Waals surface area contributed by atoms with E-state index in [1.165, 1.54) is 6.07 Å². The topological polar surface area (TPSA) is 59.8 Å². The molecule has 0 atom stereocenters. The van der Waals surface area contributed by atoms with Gasteiger partial charge < -0.3 is 5.32 Å². The number of alkyl halides is 3. The second kappa shape index (κ2) is 8.05. The normalized spacial score (nSPS) is 11.5. The number of benzene rings is 1. The molecule has 9 heteroatoms. The van der Waals surface area contributed by atoms with Crippen LogP contribution in [0.15, 0.2) is 53.7 Å². The van der Waals surface area contributed by atoms with Gasteiger partial charge in [-0.25, -0.2) is 9.67 Å². The lowest BCUT2D eigenvalue weighted by atomic mass is 10.2. The molecule has 0 bridgehead atoms. The minimum atomic E-state index is -4.43. The van der Waals surface area contributed by atoms with E-state index < -0.39 is 11.7 Å². The number of carbonyl (C=O) groups excluding carboxylic acids is 1. The van der Waals surface area contributed by atoms with Gasteiger partial charge in [-0.1, -0.05) is 29.5 Å². The van der Waals surface area contributed by atoms with Crippen LogP contribution in [0.5, 0.6) is 0 Å². The minimum Gasteiger partial charge on any atom is -0.310 e. The monoisotopic (exact) mass is 406 g/mol. The lowest BCUT2D eigenvalue weighted by molar-refractivity contribution is -0.137. The summed E-state index contributed by atoms with van der Waals surface area (Å²) in [4.78, 5) is 16.0. The van der Waals surface area contributed by atoms with Crippen LogP contribution in [-0.2, 0) is 11.0 Å². The first-order chi connectivity index (χ1) is 13.2. The Hall–Kier alpha value is -2.81. The van der Waals surface area contributed by atoms with E-state index in [4.69, 9.17) is 0 Å². The van der Waals surface area contributed by atoms with Crippen LogP contribution in [0, 0.1) is 13.8 Å². The summed E-state index contributed by atoms with van der Waals surface area (Å²) in [5.74, 6) is 0.225. The van der Waals surface area contributed by atoms with Crippen molar-refractivity contribution < 1.29 is 18.0 Å². The molecule has 28 heavy (non-hydrogen) atoms. The van der Waals surface area contributed by atoms with Gasteiger partial charge in [0.2, 0.25) is 5.91 Å². The molecule has 5 nitrogen and oxygen atoms in total. The SMILES string of the molecule is Cc1ccc(-n2nc(C)cc2NC(=O)CSc2ccc(C(F)(F)F)cn2)cc1. The molecule has 0 saturated heterocycles. The van der Waals surface area contributed by atoms with Crippen LogP contribution in [0.2, 0.25) is 0 Å². The lowest BCUT2D eigenvalue weighted by Gasteiger charge is -2.09. The molecule has 3 aromatic rings. The van der Waals surface area contributed by atoms with Crippen molar-refractivity contribution in [3.8, 4) is 5.69 Å². The summed E-state index contributed by atoms with van der Waals surface area (Å²) in [6.45, 7) is 3.80. The molecule has 2 aromatic heterocycles. The Kier molecular flexibility index (Phi) is 5.73. The summed E-state index contributed by atoms with van der Waals surface area (Å²) in [5, 5.41) is 7.51. The van der Waals surface area contributed by atoms with E-state index in [0.29, 0.717) is 10.8 Å². The van der Waals surface area contributed by atoms with E-state index in [0.717, 1.165) is 41.0 Å². The predicted molar refractivity (Wildman–Crippen MR) is 102 cm³/mol. The average molecular weight is 406 g/mol. The second-order valence-electron chi connectivity index (χ2n) is 6.14. The van der Waals surface area contributed by atoms with Gasteiger partial charge in [0.05, 0.1) is 27.7 Å². The number of thioether (sulfide) groups is 1. The van der Waals surface area contributed by atoms with Crippen LogP contribution >= 0.6 is 11.8 Å². The van der Waals surface area contributed by atoms with Crippen molar-refractivity contribution in [3.05, 3.63) is 65.5 Å². The van der Waals surface area contributed by atoms with E-state index in [2.05, 4.69) is 15.4 Å². The molecule has 1 aromatic carbocycles. The molecule has 1 N–H and O–H groups in total. The summed E-state index contributed by atoms with van der Waals surface area (Å²) < 4.78 is 39.3. The third-order valence-electron chi connectivity index (χ3n) is 3.79. The maximum atomic E-state index is 12.6. The number of rotatable bonds is 5. The number of carbonyl (C=O) groups is 1. The summed E-state index contributed by atoms with van der Waals surface area (Å²) in [6.07, 6.45) is -3.67. The average Bonchev–Trinajstić information content (AvgIpc) is 3.00. The van der Waals surface area contributed by atoms with Gasteiger partial charge in [0.1, 0.15) is 5.82 Å². The highest BCUT2D eigenvalue weighted by Gasteiger charge is 2.30. The number of hydrogen-bond acceptors (Lipinski definition) is 4. The standard InChI is InChI=1S/C19H17F3N4OS/c1-12-3-6-15(7-4-12)26-16(9-13(2)25-26)24-17(27)11-28-18-8-5-14(10-23-18)19(20,21)22/h3-10H,11H2,1-2H3,(H,24,27). The van der Waals surface area contributed by atoms with Crippen LogP contribution in [0.4, 0.5) is 19.0 Å². The highest BCUT2D eigenvalue weighted by atomic mass is 32.2. The molecule has 146 valence electrons. The Morgan fingerprint density at radius 2 is 1.86 bits per heavy atom. The van der Waals surface area contributed by atoms with Crippen molar-refractivity contribution in [2.24, 2.45) is 0 Å². The van der Waals surface area contributed by atoms with Crippen molar-refractivity contribution in [2.75, 3.05) is 11.1 Å². The first-order valence-electron chi connectivity index (χ1n) is 8.32. The molecular formula is C19H17F3N4OS. The number of amides is 1. The van der Waals surface area contributed by atoms with Crippen LogP contribution in [0.25, 0.3) is 5.69 Å². The van der Waals surface area contributed by atoms with E-state index in [-0.39, 0.29) is 11.7 Å². The second-order valence-corrected chi connectivity index (χ2v) is 7.13. The summed E-state index contributed by atoms with van der Waals surface area (Å²) >= 11 is 1.06. The van der Waals surface area contributed by atoms with Crippen molar-refractivity contribution in [2.45, 2.75) is 25.0 Å². The fourth-order valence-corrected chi connectivity index (χ4v) is 3.07. The number of hydrogen-bond donors (Lipinski definition) is 1. The van der Waals surface area contributed by atoms with Crippen LogP contribution in [0.3, 0.4) is 0 Å². The predicted octanol–water partition coefficient (Wildman–Crippen LogP) is 4.63. The quantitative estimate of drug-likeness (QED) is 0.628. The summed E-state index contributed by atoms with van der Waals surface area (Å²) in [5.41, 5.74) is 1.84. The van der Waals surface area contributed by atoms with Gasteiger partial charge in [0.15, 0.2) is 0 Å². The molecule has 0 aliphatic carbocycles. The number of aryl methyl sites for hydroxylation is 2. The third kappa shape index (κ3) is 4.92. The Labute approximate surface area is 164 Å². The largest absolute Gasteiger partial charge is 0.417 e. The van der Waals surface area contributed by atoms with E-state index in [9.17, 15) is 18.0 Å². The molecule has 0 spiro atoms. The molecule has 1 amide bonds. The van der Waals surface area contributed by atoms with Gasteiger partial charge in [-0.2, -0.15) is 18.3 Å². The van der Waals surface area contributed by atoms with E-state index in [1.807, 2.05) is 38.1 Å². The number of nitrogens with one attached hydrogen (secondary N) is 1. The van der Waals surface area contributed by atoms with Gasteiger partial charge in [-0.15, -0.1) is 0 Å². The van der Waals surface area contributed by atoms with Gasteiger partial charge in [0, 0.05) is 12.3 Å². The smallest absolute Gasteiger partial charge is 0.310 e. The van der Waals surface area contributed by atoms with Crippen LogP contribution in [-0.4, -0.2) is 26.4 Å². The first kappa shape index (κ1) is 19.9. The summed E-state index contributed by atoms with van der Waals surface area (Å²) in [7, 11) is 0. The number of pyridine rings is 1. The van der Waals surface area contributed by atoms with Crippen molar-refractivity contribution >= 4 is 23.5 Å². The third-order valence-corrected chi connectivity index (χ3v) is 4.74. The lowest BCUT2D eigenvalue weighted by Crippen LogP contribution is -2.17. The number of halogens is 3. The molecule has 2 heterocycles. The van der Waals surface area contributed by atoms with Crippen LogP contribution < -0.4 is 5.32 Å². The zero-order chi connectivity index (χ0) is 20.3. The van der Waals surface area contributed by atoms with Gasteiger partial charge in [0.25, 0.3) is 0 Å². The zero-order valence-corrected chi connectivity index (χ0v) is 15.9. The molecule has 3 rings (SSSR count). The van der Waals surface area contributed by atoms with Gasteiger partial charge >= 0.3 is 6.18 Å². The molecule has 0 aliphatic rings. The van der Waals surface area contributed by atoms with Crippen molar-refractivity contribution in [1.29, 1.82) is 0 Å². The minimum absolute atomic E-state index is 0.0104. The Morgan fingerprint density at radius 3 is 2.46 bits per heavy atom. The Balaban J connectivity index is 1.65. The van der Waals surface area contributed by atoms with Gasteiger partial charge in [-0.3, -0.25) is 4.79 Å². The fourth-order valence-electron chi connectivity index (χ4n) is 2.42. The van der Waals surface area contributed by atoms with Crippen molar-refractivity contribution in [3.63, 3.8) is 0 Å². The van der Waals surface area contributed by atoms with E-state index in [1.54, 1.807) is 10.7 Å². The van der Waals surface area contributed by atoms with E-state index >= 15 is 0 Å². The number of nitrogens with zero attached hydrogens (tertiary/aromatic N) is 3. The molecule has 0 radical (unpaired) electrons. The highest BCUT2D eigenvalue weighted by Crippen LogP contribution is 2.29. The number of anilines is 1. The maximum Gasteiger partial charge on any atom is 0.417 e. The van der Waals surface area contributed by atoms with Crippen LogP contribution in [0.1, 0.15) is 16.8 Å². The molecular weight excluding hydrogens is 389 g/mol. The Bertz CT molecular complexity index is 966. The molecule has 0 saturated carbocycles. The molecule has 0 fully saturated rings. The fraction of sp³-hybridized carbons (Fsp3) is 0.211. The number of aromatic nitrogens is 3. The molecule has 0 aliphatic heterocycles. The maximum absolute atomic E-state index is 12.6. The van der Waals surface area contributed by atoms with Crippen molar-refractivity contribution in [1.82, 2.24) is 14.8 Å². The highest BCUT2D eigenvalue weighted by molar-refractivity contribution is 7.99.